The molecule has 4 saturated heterocycles. The van der Waals surface area contributed by atoms with Crippen LogP contribution in [-0.2, 0) is 72.6 Å². The number of anilines is 3. The quantitative estimate of drug-likeness (QED) is 0.0468. The Hall–Kier alpha value is -12.7. The van der Waals surface area contributed by atoms with Gasteiger partial charge in [-0.15, -0.1) is 0 Å². The van der Waals surface area contributed by atoms with Gasteiger partial charge in [-0.25, -0.2) is 61.8 Å². The van der Waals surface area contributed by atoms with E-state index in [1.165, 1.54) is 51.7 Å². The van der Waals surface area contributed by atoms with Crippen molar-refractivity contribution in [3.63, 3.8) is 0 Å². The van der Waals surface area contributed by atoms with Gasteiger partial charge in [-0.3, -0.25) is 4.79 Å². The number of hydrogen-bond donors (Lipinski definition) is 1. The number of halogens is 7. The zero-order valence-corrected chi connectivity index (χ0v) is 76.0. The van der Waals surface area contributed by atoms with Crippen molar-refractivity contribution in [1.82, 2.24) is 82.6 Å². The van der Waals surface area contributed by atoms with Crippen molar-refractivity contribution >= 4 is 81.0 Å². The van der Waals surface area contributed by atoms with Crippen LogP contribution in [0.2, 0.25) is 25.1 Å². The van der Waals surface area contributed by atoms with Gasteiger partial charge in [-0.1, -0.05) is 162 Å². The van der Waals surface area contributed by atoms with Crippen LogP contribution in [0.4, 0.5) is 25.8 Å². The topological polar surface area (TPSA) is 273 Å². The summed E-state index contributed by atoms with van der Waals surface area (Å²) < 4.78 is 76.3. The van der Waals surface area contributed by atoms with Crippen molar-refractivity contribution in [1.29, 1.82) is 0 Å². The van der Waals surface area contributed by atoms with E-state index in [0.717, 1.165) is 127 Å². The number of piperazine rings is 2. The average Bonchev–Trinajstić information content (AvgIpc) is 1.26. The Bertz CT molecular complexity index is 6190. The number of carbonyl (C=O) groups excluding carboxylic acids is 1. The molecule has 6 aromatic heterocycles. The fourth-order valence-corrected chi connectivity index (χ4v) is 18.0. The summed E-state index contributed by atoms with van der Waals surface area (Å²) in [5, 5.41) is 30.0. The van der Waals surface area contributed by atoms with Crippen molar-refractivity contribution in [2.45, 2.75) is 94.3 Å². The fraction of sp³-hybridized carbons (Fsp3) is 0.281. The summed E-state index contributed by atoms with van der Waals surface area (Å²) in [6.07, 6.45) is 21.2. The Morgan fingerprint density at radius 2 is 0.985 bits per heavy atom. The first-order chi connectivity index (χ1) is 64.1. The maximum Gasteiger partial charge on any atom is 0.350 e. The molecule has 0 saturated carbocycles. The van der Waals surface area contributed by atoms with Gasteiger partial charge in [-0.05, 0) is 134 Å². The third-order valence-electron chi connectivity index (χ3n) is 23.4. The number of hydrogen-bond acceptors (Lipinski definition) is 21. The molecule has 0 bridgehead atoms. The summed E-state index contributed by atoms with van der Waals surface area (Å²) >= 11 is 32.1. The number of imidazole rings is 2. The minimum atomic E-state index is -1.70. The first-order valence-electron chi connectivity index (χ1n) is 42.9. The molecule has 1 N–H and O–H groups in total. The van der Waals surface area contributed by atoms with Gasteiger partial charge in [0, 0.05) is 145 Å². The Labute approximate surface area is 785 Å². The molecule has 4 aliphatic rings. The second-order valence-electron chi connectivity index (χ2n) is 32.0. The van der Waals surface area contributed by atoms with Crippen molar-refractivity contribution in [3.8, 4) is 17.2 Å². The lowest BCUT2D eigenvalue weighted by Crippen LogP contribution is -2.48. The van der Waals surface area contributed by atoms with Crippen molar-refractivity contribution < 1.29 is 47.1 Å². The number of amides is 1. The highest BCUT2D eigenvalue weighted by molar-refractivity contribution is 6.35. The minimum Gasteiger partial charge on any atom is -0.491 e. The van der Waals surface area contributed by atoms with Crippen LogP contribution in [0.15, 0.2) is 299 Å². The number of rotatable bonds is 27. The van der Waals surface area contributed by atoms with Gasteiger partial charge in [0.1, 0.15) is 111 Å². The standard InChI is InChI=1S/C35H38Cl2N8O4.C26H28Cl2N4O4.C22H17ClN2.C13H12F2N6O/c1-3-25(2)45-34(46)44(24-40-45)29-7-5-27(6-8-29)41-14-16-42(17-15-41)28-9-11-30(12-10-28)47-19-31-20-48-35(49-31,21-43-23-38-22-39-43)32-13-4-26(36)18-33(32)37;1-19(33)31-10-12-32(13-11-31)21-3-5-22(6-4-21)34-15-23-16-35-26(36-23,17-30-9-8-29-18-30)24-7-2-20(27)14-25(24)28;23-21-14-8-7-13-20(21)22(25-16-15-24-17-25,18-9-3-1-4-10-18)19-11-5-2-6-12-19;14-10-1-2-11(12(15)3-10)13(22,4-20-8-16-6-18-20)5-21-9-17-7-19-21/h4-13,18,22-25,31H,3,14-17,19-21H2,1-2H3;2-9,14,18,23H,10-13,15-17H2,1H3;1-17H;1-3,6-9,22H,4-5H2/t25?,31-,35-;23-,26-;;/m00../s1. The highest BCUT2D eigenvalue weighted by Crippen LogP contribution is 2.46. The number of aliphatic hydroxyl groups is 1. The predicted octanol–water partition coefficient (Wildman–Crippen LogP) is 15.9. The van der Waals surface area contributed by atoms with Crippen LogP contribution in [0.1, 0.15) is 66.6 Å². The summed E-state index contributed by atoms with van der Waals surface area (Å²) in [4.78, 5) is 53.3. The van der Waals surface area contributed by atoms with Crippen LogP contribution < -0.4 is 29.9 Å². The average molecular weight is 1890 g/mol. The molecule has 10 heterocycles. The smallest absolute Gasteiger partial charge is 0.350 e. The van der Waals surface area contributed by atoms with Gasteiger partial charge >= 0.3 is 5.69 Å². The van der Waals surface area contributed by atoms with E-state index in [4.69, 9.17) is 86.4 Å². The molecule has 19 rings (SSSR count). The minimum absolute atomic E-state index is 0.0556. The van der Waals surface area contributed by atoms with Gasteiger partial charge < -0.3 is 62.3 Å². The second-order valence-corrected chi connectivity index (χ2v) is 34.1. The van der Waals surface area contributed by atoms with Crippen LogP contribution in [0.25, 0.3) is 5.69 Å². The summed E-state index contributed by atoms with van der Waals surface area (Å²) in [5.41, 5.74) is 6.41. The normalized spacial score (nSPS) is 17.6. The van der Waals surface area contributed by atoms with Crippen LogP contribution in [0, 0.1) is 11.6 Å². The van der Waals surface area contributed by atoms with E-state index in [0.29, 0.717) is 64.2 Å². The Kier molecular flexibility index (Phi) is 29.7. The largest absolute Gasteiger partial charge is 0.491 e. The number of aromatic nitrogens is 16. The zero-order chi connectivity index (χ0) is 91.8. The second kappa shape index (κ2) is 42.3. The molecule has 4 fully saturated rings. The van der Waals surface area contributed by atoms with E-state index in [2.05, 4.69) is 143 Å². The van der Waals surface area contributed by atoms with Crippen LogP contribution in [0.5, 0.6) is 11.5 Å². The first-order valence-corrected chi connectivity index (χ1v) is 44.8. The first kappa shape index (κ1) is 92.6. The Balaban J connectivity index is 0.000000135. The van der Waals surface area contributed by atoms with Crippen molar-refractivity contribution in [3.05, 3.63) is 375 Å². The summed E-state index contributed by atoms with van der Waals surface area (Å²) in [5.74, 6) is -2.17. The molecule has 29 nitrogen and oxygen atoms in total. The molecule has 1 unspecified atom stereocenters. The van der Waals surface area contributed by atoms with Gasteiger partial charge in [0.05, 0.1) is 67.3 Å². The van der Waals surface area contributed by atoms with Crippen LogP contribution >= 0.6 is 58.0 Å². The molecule has 9 aromatic carbocycles. The number of benzene rings is 9. The molecule has 132 heavy (non-hydrogen) atoms. The Morgan fingerprint density at radius 3 is 1.45 bits per heavy atom. The predicted molar refractivity (Wildman–Crippen MR) is 498 cm³/mol. The third-order valence-corrected chi connectivity index (χ3v) is 24.8. The molecule has 1 amide bonds. The van der Waals surface area contributed by atoms with E-state index in [9.17, 15) is 23.5 Å². The third kappa shape index (κ3) is 21.6. The lowest BCUT2D eigenvalue weighted by molar-refractivity contribution is -0.190. The SMILES string of the molecule is CC(=O)N1CCN(c2ccc(OC[C@H]3CO[C@](Cn4ccnc4)(c4ccc(Cl)cc4Cl)O3)cc2)CC1.CCC(C)n1ncn(-c2ccc(N3CCN(c4ccc(OC[C@H]5CO[C@](Cn6cncn6)(c6ccc(Cl)cc6Cl)O5)cc4)CC3)cc2)c1=O.Clc1ccccc1C(c1ccccc1)(c1ccccc1)n1ccnc1.OC(Cn1cncn1)(Cn1cncn1)c1ccc(F)cc1F. The molecule has 4 aliphatic heterocycles. The van der Waals surface area contributed by atoms with E-state index >= 15 is 0 Å². The van der Waals surface area contributed by atoms with Gasteiger partial charge in [-0.2, -0.15) is 20.4 Å². The summed E-state index contributed by atoms with van der Waals surface area (Å²) in [6, 6.07) is 66.7. The Morgan fingerprint density at radius 1 is 0.508 bits per heavy atom. The monoisotopic (exact) mass is 1880 g/mol. The molecule has 5 atom stereocenters. The molecular formula is C96H95Cl5F2N20O9. The highest BCUT2D eigenvalue weighted by atomic mass is 35.5. The van der Waals surface area contributed by atoms with E-state index in [1.807, 2.05) is 133 Å². The molecule has 682 valence electrons. The van der Waals surface area contributed by atoms with E-state index in [-0.39, 0.29) is 55.0 Å². The van der Waals surface area contributed by atoms with Gasteiger partial charge in [0.15, 0.2) is 0 Å². The molecule has 36 heteroatoms. The summed E-state index contributed by atoms with van der Waals surface area (Å²) in [6.45, 7) is 14.1. The maximum atomic E-state index is 14.1. The molecular weight excluding hydrogens is 1790 g/mol. The number of carbonyl (C=O) groups is 1. The molecule has 0 spiro atoms. The maximum absolute atomic E-state index is 14.1. The fourth-order valence-electron chi connectivity index (χ4n) is 16.6. The van der Waals surface area contributed by atoms with E-state index < -0.39 is 34.3 Å². The highest BCUT2D eigenvalue weighted by Gasteiger charge is 2.48. The van der Waals surface area contributed by atoms with Crippen LogP contribution in [0.3, 0.4) is 0 Å². The molecule has 0 radical (unpaired) electrons. The van der Waals surface area contributed by atoms with E-state index in [1.54, 1.807) is 71.8 Å². The van der Waals surface area contributed by atoms with Crippen molar-refractivity contribution in [2.75, 3.05) is 93.5 Å². The van der Waals surface area contributed by atoms with Crippen LogP contribution in [-0.4, -0.2) is 185 Å². The van der Waals surface area contributed by atoms with Gasteiger partial charge in [0.25, 0.3) is 0 Å². The number of ether oxygens (including phenoxy) is 6. The molecule has 15 aromatic rings. The number of nitrogens with zero attached hydrogens (tertiary/aromatic N) is 20. The van der Waals surface area contributed by atoms with Crippen molar-refractivity contribution in [2.24, 2.45) is 0 Å². The molecule has 0 aliphatic carbocycles. The lowest BCUT2D eigenvalue weighted by Gasteiger charge is -2.37. The zero-order valence-electron chi connectivity index (χ0n) is 72.3. The lowest BCUT2D eigenvalue weighted by atomic mass is 9.76. The summed E-state index contributed by atoms with van der Waals surface area (Å²) in [7, 11) is 0. The van der Waals surface area contributed by atoms with Gasteiger partial charge in [0.2, 0.25) is 17.5 Å².